The zero-order valence-corrected chi connectivity index (χ0v) is 13.7. The van der Waals surface area contributed by atoms with Gasteiger partial charge in [-0.15, -0.1) is 11.3 Å². The third kappa shape index (κ3) is 2.82. The van der Waals surface area contributed by atoms with Crippen LogP contribution >= 0.6 is 11.3 Å². The monoisotopic (exact) mass is 345 g/mol. The molecule has 5 nitrogen and oxygen atoms in total. The zero-order valence-electron chi connectivity index (χ0n) is 12.9. The van der Waals surface area contributed by atoms with Crippen molar-refractivity contribution in [2.45, 2.75) is 5.92 Å². The molecule has 0 unspecified atom stereocenters. The summed E-state index contributed by atoms with van der Waals surface area (Å²) in [5.74, 6) is -0.541. The molecule has 0 aliphatic carbocycles. The maximum Gasteiger partial charge on any atom is 0.186 e. The minimum absolute atomic E-state index is 0.259. The molecule has 0 fully saturated rings. The van der Waals surface area contributed by atoms with Crippen LogP contribution in [0.2, 0.25) is 0 Å². The minimum atomic E-state index is -0.909. The molecule has 2 heterocycles. The lowest BCUT2D eigenvalue weighted by Crippen LogP contribution is -2.10. The summed E-state index contributed by atoms with van der Waals surface area (Å²) in [6.45, 7) is 0. The number of thiazole rings is 1. The molecule has 0 aliphatic heterocycles. The number of Topliss-reactive ketones (excluding diaryl/α,β-unsaturated/α-hetero) is 1. The zero-order chi connectivity index (χ0) is 17.2. The van der Waals surface area contributed by atoms with Crippen LogP contribution in [0.15, 0.2) is 65.5 Å². The van der Waals surface area contributed by atoms with E-state index in [-0.39, 0.29) is 5.78 Å². The maximum absolute atomic E-state index is 12.8. The number of carbonyl (C=O) groups is 1. The van der Waals surface area contributed by atoms with Gasteiger partial charge in [-0.2, -0.15) is 5.26 Å². The van der Waals surface area contributed by atoms with Crippen LogP contribution in [0.25, 0.3) is 21.5 Å². The number of para-hydroxylation sites is 1. The highest BCUT2D eigenvalue weighted by atomic mass is 32.1. The van der Waals surface area contributed by atoms with Gasteiger partial charge in [0.1, 0.15) is 5.01 Å². The van der Waals surface area contributed by atoms with Gasteiger partial charge in [0.2, 0.25) is 0 Å². The number of carbonyl (C=O) groups excluding carboxylic acids is 1. The summed E-state index contributed by atoms with van der Waals surface area (Å²) in [4.78, 5) is 21.1. The molecule has 2 aromatic heterocycles. The van der Waals surface area contributed by atoms with Crippen LogP contribution in [0.1, 0.15) is 21.3 Å². The van der Waals surface area contributed by atoms with Crippen molar-refractivity contribution in [3.8, 4) is 17.4 Å². The van der Waals surface area contributed by atoms with Crippen molar-refractivity contribution in [2.24, 2.45) is 0 Å². The summed E-state index contributed by atoms with van der Waals surface area (Å²) >= 11 is 1.38. The number of hydrogen-bond acceptors (Lipinski definition) is 6. The minimum Gasteiger partial charge on any atom is -0.444 e. The summed E-state index contributed by atoms with van der Waals surface area (Å²) < 4.78 is 6.20. The van der Waals surface area contributed by atoms with E-state index in [1.54, 1.807) is 30.5 Å². The average molecular weight is 345 g/mol. The van der Waals surface area contributed by atoms with Crippen molar-refractivity contribution >= 4 is 27.3 Å². The van der Waals surface area contributed by atoms with Gasteiger partial charge in [-0.3, -0.25) is 4.79 Å². The Bertz CT molecular complexity index is 1040. The van der Waals surface area contributed by atoms with Crippen molar-refractivity contribution in [1.29, 1.82) is 5.26 Å². The lowest BCUT2D eigenvalue weighted by molar-refractivity contribution is 0.0979. The van der Waals surface area contributed by atoms with Crippen LogP contribution in [0.4, 0.5) is 0 Å². The summed E-state index contributed by atoms with van der Waals surface area (Å²) in [5, 5.41) is 10.0. The van der Waals surface area contributed by atoms with E-state index in [0.29, 0.717) is 16.3 Å². The summed E-state index contributed by atoms with van der Waals surface area (Å²) in [7, 11) is 0. The van der Waals surface area contributed by atoms with Crippen LogP contribution < -0.4 is 0 Å². The van der Waals surface area contributed by atoms with Crippen LogP contribution in [0.5, 0.6) is 0 Å². The Balaban J connectivity index is 1.65. The second-order valence-electron chi connectivity index (χ2n) is 5.39. The largest absolute Gasteiger partial charge is 0.444 e. The first-order chi connectivity index (χ1) is 12.3. The van der Waals surface area contributed by atoms with Gasteiger partial charge >= 0.3 is 0 Å². The quantitative estimate of drug-likeness (QED) is 0.511. The van der Waals surface area contributed by atoms with Crippen LogP contribution in [-0.4, -0.2) is 15.8 Å². The second-order valence-corrected chi connectivity index (χ2v) is 6.45. The first-order valence-electron chi connectivity index (χ1n) is 7.54. The molecular formula is C19H11N3O2S. The summed E-state index contributed by atoms with van der Waals surface area (Å²) in [5.41, 5.74) is 2.09. The molecule has 0 bridgehead atoms. The average Bonchev–Trinajstić information content (AvgIpc) is 3.32. The van der Waals surface area contributed by atoms with E-state index in [9.17, 15) is 10.1 Å². The molecule has 120 valence electrons. The molecule has 2 aromatic carbocycles. The lowest BCUT2D eigenvalue weighted by Gasteiger charge is -2.05. The van der Waals surface area contributed by atoms with E-state index in [0.717, 1.165) is 15.8 Å². The van der Waals surface area contributed by atoms with Crippen LogP contribution in [0.3, 0.4) is 0 Å². The normalized spacial score (nSPS) is 12.0. The van der Waals surface area contributed by atoms with Crippen molar-refractivity contribution in [2.75, 3.05) is 0 Å². The third-order valence-electron chi connectivity index (χ3n) is 3.83. The summed E-state index contributed by atoms with van der Waals surface area (Å²) in [6, 6.07) is 16.6. The Morgan fingerprint density at radius 3 is 2.64 bits per heavy atom. The number of nitrogens with zero attached hydrogens (tertiary/aromatic N) is 3. The summed E-state index contributed by atoms with van der Waals surface area (Å²) in [6.07, 6.45) is 2.96. The van der Waals surface area contributed by atoms with Gasteiger partial charge in [-0.05, 0) is 12.1 Å². The molecule has 0 saturated carbocycles. The fourth-order valence-corrected chi connectivity index (χ4v) is 3.58. The predicted octanol–water partition coefficient (Wildman–Crippen LogP) is 4.44. The molecule has 4 aromatic rings. The van der Waals surface area contributed by atoms with Crippen molar-refractivity contribution in [3.63, 3.8) is 0 Å². The van der Waals surface area contributed by atoms with Gasteiger partial charge < -0.3 is 4.42 Å². The van der Waals surface area contributed by atoms with Crippen molar-refractivity contribution < 1.29 is 9.21 Å². The molecule has 1 atom stereocenters. The highest BCUT2D eigenvalue weighted by Gasteiger charge is 2.25. The molecule has 4 rings (SSSR count). The fraction of sp³-hybridized carbons (Fsp3) is 0.0526. The first kappa shape index (κ1) is 15.2. The number of ketones is 1. The Labute approximate surface area is 147 Å². The number of hydrogen-bond donors (Lipinski definition) is 0. The number of aromatic nitrogens is 2. The topological polar surface area (TPSA) is 79.8 Å². The van der Waals surface area contributed by atoms with Crippen LogP contribution in [-0.2, 0) is 0 Å². The Hall–Kier alpha value is -3.30. The number of rotatable bonds is 4. The number of fused-ring (bicyclic) bond motifs is 1. The van der Waals surface area contributed by atoms with Gasteiger partial charge in [0.25, 0.3) is 0 Å². The molecule has 0 amide bonds. The third-order valence-corrected chi connectivity index (χ3v) is 4.94. The van der Waals surface area contributed by atoms with E-state index < -0.39 is 5.92 Å². The molecule has 0 spiro atoms. The second kappa shape index (κ2) is 6.30. The SMILES string of the molecule is N#C[C@@H](C(=O)c1ccc(-c2cnco2)cc1)c1nc2ccccc2s1. The molecule has 6 heteroatoms. The van der Waals surface area contributed by atoms with Gasteiger partial charge in [0, 0.05) is 11.1 Å². The van der Waals surface area contributed by atoms with Gasteiger partial charge in [0.05, 0.1) is 22.5 Å². The van der Waals surface area contributed by atoms with Gasteiger partial charge in [-0.1, -0.05) is 36.4 Å². The van der Waals surface area contributed by atoms with Crippen LogP contribution in [0, 0.1) is 11.3 Å². The Morgan fingerprint density at radius 1 is 1.16 bits per heavy atom. The van der Waals surface area contributed by atoms with E-state index in [4.69, 9.17) is 4.42 Å². The predicted molar refractivity (Wildman–Crippen MR) is 94.2 cm³/mol. The maximum atomic E-state index is 12.8. The molecule has 0 N–H and O–H groups in total. The fourth-order valence-electron chi connectivity index (χ4n) is 2.56. The van der Waals surface area contributed by atoms with Gasteiger partial charge in [0.15, 0.2) is 23.9 Å². The number of benzene rings is 2. The highest BCUT2D eigenvalue weighted by Crippen LogP contribution is 2.30. The molecule has 0 saturated heterocycles. The van der Waals surface area contributed by atoms with Crippen molar-refractivity contribution in [3.05, 3.63) is 71.7 Å². The van der Waals surface area contributed by atoms with Crippen molar-refractivity contribution in [1.82, 2.24) is 9.97 Å². The smallest absolute Gasteiger partial charge is 0.186 e. The first-order valence-corrected chi connectivity index (χ1v) is 8.36. The molecule has 0 aliphatic rings. The van der Waals surface area contributed by atoms with E-state index in [2.05, 4.69) is 16.0 Å². The molecular weight excluding hydrogens is 334 g/mol. The standard InChI is InChI=1S/C19H11N3O2S/c20-9-14(19-22-15-3-1-2-4-17(15)25-19)18(23)13-7-5-12(6-8-13)16-10-21-11-24-16/h1-8,10-11,14H/t14-/m0/s1. The number of oxazole rings is 1. The van der Waals surface area contributed by atoms with E-state index in [1.165, 1.54) is 17.7 Å². The van der Waals surface area contributed by atoms with E-state index in [1.807, 2.05) is 24.3 Å². The highest BCUT2D eigenvalue weighted by molar-refractivity contribution is 7.18. The lowest BCUT2D eigenvalue weighted by atomic mass is 9.98. The Morgan fingerprint density at radius 2 is 1.96 bits per heavy atom. The Kier molecular flexibility index (Phi) is 3.84. The van der Waals surface area contributed by atoms with Gasteiger partial charge in [-0.25, -0.2) is 9.97 Å². The number of nitriles is 1. The van der Waals surface area contributed by atoms with E-state index >= 15 is 0 Å². The molecule has 0 radical (unpaired) electrons. The molecule has 25 heavy (non-hydrogen) atoms.